The number of fused-ring (bicyclic) bond motifs is 1. The van der Waals surface area contributed by atoms with Crippen LogP contribution in [0.15, 0.2) is 66.7 Å². The maximum atomic E-state index is 12.5. The van der Waals surface area contributed by atoms with E-state index in [2.05, 4.69) is 5.32 Å². The first kappa shape index (κ1) is 20.7. The first-order valence-electron chi connectivity index (χ1n) is 9.32. The number of ether oxygens (including phenoxy) is 1. The summed E-state index contributed by atoms with van der Waals surface area (Å²) in [6.45, 7) is 2.32. The van der Waals surface area contributed by atoms with Gasteiger partial charge in [0.15, 0.2) is 0 Å². The van der Waals surface area contributed by atoms with Crippen molar-refractivity contribution in [2.75, 3.05) is 23.7 Å². The lowest BCUT2D eigenvalue weighted by Crippen LogP contribution is -2.40. The van der Waals surface area contributed by atoms with Crippen molar-refractivity contribution in [2.45, 2.75) is 13.5 Å². The molecule has 0 aliphatic carbocycles. The number of sulfonamides is 1. The first-order valence-corrected chi connectivity index (χ1v) is 11.2. The van der Waals surface area contributed by atoms with Crippen molar-refractivity contribution in [2.24, 2.45) is 0 Å². The maximum absolute atomic E-state index is 12.5. The zero-order chi connectivity index (χ0) is 20.9. The second-order valence-corrected chi connectivity index (χ2v) is 8.52. The van der Waals surface area contributed by atoms with Crippen LogP contribution in [-0.4, -0.2) is 33.7 Å². The number of nitrogens with one attached hydrogen (secondary N) is 1. The van der Waals surface area contributed by atoms with Crippen molar-refractivity contribution in [1.82, 2.24) is 5.32 Å². The molecule has 6 nitrogen and oxygen atoms in total. The SMILES string of the molecule is CCOc1cccc(N(CC(=O)NCc2cccc3ccccc23)S(C)(=O)=O)c1. The van der Waals surface area contributed by atoms with E-state index in [0.29, 0.717) is 24.6 Å². The van der Waals surface area contributed by atoms with Crippen LogP contribution in [0.1, 0.15) is 12.5 Å². The van der Waals surface area contributed by atoms with Gasteiger partial charge in [-0.25, -0.2) is 8.42 Å². The van der Waals surface area contributed by atoms with E-state index in [1.807, 2.05) is 49.4 Å². The predicted octanol–water partition coefficient (Wildman–Crippen LogP) is 3.32. The summed E-state index contributed by atoms with van der Waals surface area (Å²) in [6, 6.07) is 20.5. The number of rotatable bonds is 8. The van der Waals surface area contributed by atoms with Gasteiger partial charge in [-0.3, -0.25) is 9.10 Å². The van der Waals surface area contributed by atoms with Crippen LogP contribution >= 0.6 is 0 Å². The van der Waals surface area contributed by atoms with E-state index in [-0.39, 0.29) is 12.5 Å². The topological polar surface area (TPSA) is 75.7 Å². The Morgan fingerprint density at radius 2 is 1.76 bits per heavy atom. The van der Waals surface area contributed by atoms with Gasteiger partial charge in [-0.2, -0.15) is 0 Å². The molecule has 0 saturated carbocycles. The van der Waals surface area contributed by atoms with Crippen molar-refractivity contribution in [3.05, 3.63) is 72.3 Å². The van der Waals surface area contributed by atoms with Crippen molar-refractivity contribution >= 4 is 32.4 Å². The Kier molecular flexibility index (Phi) is 6.39. The lowest BCUT2D eigenvalue weighted by atomic mass is 10.0. The van der Waals surface area contributed by atoms with Gasteiger partial charge in [-0.1, -0.05) is 48.5 Å². The standard InChI is InChI=1S/C22H24N2O4S/c1-3-28-20-12-7-11-19(14-20)24(29(2,26)27)16-22(25)23-15-18-10-6-9-17-8-4-5-13-21(17)18/h4-14H,3,15-16H2,1-2H3,(H,23,25). The third kappa shape index (κ3) is 5.26. The van der Waals surface area contributed by atoms with E-state index in [1.165, 1.54) is 0 Å². The van der Waals surface area contributed by atoms with E-state index in [4.69, 9.17) is 4.74 Å². The fourth-order valence-corrected chi connectivity index (χ4v) is 3.97. The summed E-state index contributed by atoms with van der Waals surface area (Å²) >= 11 is 0. The van der Waals surface area contributed by atoms with Gasteiger partial charge in [0.25, 0.3) is 0 Å². The maximum Gasteiger partial charge on any atom is 0.241 e. The van der Waals surface area contributed by atoms with E-state index in [1.54, 1.807) is 24.3 Å². The molecule has 0 unspecified atom stereocenters. The van der Waals surface area contributed by atoms with Crippen LogP contribution in [0.2, 0.25) is 0 Å². The number of carbonyl (C=O) groups is 1. The molecule has 0 aliphatic heterocycles. The third-order valence-corrected chi connectivity index (χ3v) is 5.60. The molecular weight excluding hydrogens is 388 g/mol. The van der Waals surface area contributed by atoms with Gasteiger partial charge in [-0.05, 0) is 35.4 Å². The lowest BCUT2D eigenvalue weighted by Gasteiger charge is -2.22. The molecule has 3 aromatic carbocycles. The van der Waals surface area contributed by atoms with Crippen molar-refractivity contribution in [1.29, 1.82) is 0 Å². The summed E-state index contributed by atoms with van der Waals surface area (Å²) in [5, 5.41) is 4.97. The molecule has 1 N–H and O–H groups in total. The van der Waals surface area contributed by atoms with Crippen LogP contribution < -0.4 is 14.4 Å². The van der Waals surface area contributed by atoms with E-state index in [9.17, 15) is 13.2 Å². The number of benzene rings is 3. The van der Waals surface area contributed by atoms with Gasteiger partial charge in [-0.15, -0.1) is 0 Å². The Labute approximate surface area is 171 Å². The molecule has 0 atom stereocenters. The summed E-state index contributed by atoms with van der Waals surface area (Å²) < 4.78 is 31.1. The number of hydrogen-bond acceptors (Lipinski definition) is 4. The molecule has 0 spiro atoms. The third-order valence-electron chi connectivity index (χ3n) is 4.46. The molecule has 7 heteroatoms. The first-order chi connectivity index (χ1) is 13.9. The molecule has 152 valence electrons. The smallest absolute Gasteiger partial charge is 0.241 e. The van der Waals surface area contributed by atoms with Crippen LogP contribution in [0.5, 0.6) is 5.75 Å². The van der Waals surface area contributed by atoms with Crippen LogP contribution in [-0.2, 0) is 21.4 Å². The van der Waals surface area contributed by atoms with Crippen molar-refractivity contribution in [3.8, 4) is 5.75 Å². The molecule has 0 heterocycles. The molecule has 0 bridgehead atoms. The number of hydrogen-bond donors (Lipinski definition) is 1. The molecular formula is C22H24N2O4S. The van der Waals surface area contributed by atoms with Gasteiger partial charge in [0.2, 0.25) is 15.9 Å². The van der Waals surface area contributed by atoms with E-state index in [0.717, 1.165) is 26.9 Å². The minimum absolute atomic E-state index is 0.306. The zero-order valence-electron chi connectivity index (χ0n) is 16.5. The largest absolute Gasteiger partial charge is 0.494 e. The molecule has 1 amide bonds. The van der Waals surface area contributed by atoms with E-state index < -0.39 is 10.0 Å². The molecule has 0 aliphatic rings. The van der Waals surface area contributed by atoms with Gasteiger partial charge in [0, 0.05) is 12.6 Å². The monoisotopic (exact) mass is 412 g/mol. The highest BCUT2D eigenvalue weighted by Gasteiger charge is 2.21. The van der Waals surface area contributed by atoms with Crippen LogP contribution in [0.3, 0.4) is 0 Å². The normalized spacial score (nSPS) is 11.2. The summed E-state index contributed by atoms with van der Waals surface area (Å²) in [5.74, 6) is 0.167. The van der Waals surface area contributed by atoms with Gasteiger partial charge in [0.1, 0.15) is 12.3 Å². The predicted molar refractivity (Wildman–Crippen MR) is 116 cm³/mol. The van der Waals surface area contributed by atoms with Crippen molar-refractivity contribution in [3.63, 3.8) is 0 Å². The molecule has 0 radical (unpaired) electrons. The van der Waals surface area contributed by atoms with Crippen LogP contribution in [0.4, 0.5) is 5.69 Å². The molecule has 0 aromatic heterocycles. The molecule has 0 fully saturated rings. The average molecular weight is 413 g/mol. The quantitative estimate of drug-likeness (QED) is 0.616. The highest BCUT2D eigenvalue weighted by molar-refractivity contribution is 7.92. The Morgan fingerprint density at radius 1 is 1.03 bits per heavy atom. The van der Waals surface area contributed by atoms with Gasteiger partial charge < -0.3 is 10.1 Å². The minimum Gasteiger partial charge on any atom is -0.494 e. The summed E-state index contributed by atoms with van der Waals surface area (Å²) in [5.41, 5.74) is 1.36. The van der Waals surface area contributed by atoms with Gasteiger partial charge in [0.05, 0.1) is 18.6 Å². The Bertz CT molecular complexity index is 1110. The average Bonchev–Trinajstić information content (AvgIpc) is 2.70. The second-order valence-electron chi connectivity index (χ2n) is 6.62. The lowest BCUT2D eigenvalue weighted by molar-refractivity contribution is -0.119. The highest BCUT2D eigenvalue weighted by atomic mass is 32.2. The summed E-state index contributed by atoms with van der Waals surface area (Å²) in [4.78, 5) is 12.5. The van der Waals surface area contributed by atoms with Crippen molar-refractivity contribution < 1.29 is 17.9 Å². The number of anilines is 1. The molecule has 0 saturated heterocycles. The fraction of sp³-hybridized carbons (Fsp3) is 0.227. The number of nitrogens with zero attached hydrogens (tertiary/aromatic N) is 1. The molecule has 3 aromatic rings. The zero-order valence-corrected chi connectivity index (χ0v) is 17.3. The summed E-state index contributed by atoms with van der Waals surface area (Å²) in [7, 11) is -3.65. The summed E-state index contributed by atoms with van der Waals surface area (Å²) in [6.07, 6.45) is 1.08. The Hall–Kier alpha value is -3.06. The molecule has 29 heavy (non-hydrogen) atoms. The number of carbonyl (C=O) groups excluding carboxylic acids is 1. The second kappa shape index (κ2) is 8.96. The van der Waals surface area contributed by atoms with Crippen LogP contribution in [0, 0.1) is 0 Å². The van der Waals surface area contributed by atoms with E-state index >= 15 is 0 Å². The minimum atomic E-state index is -3.65. The highest BCUT2D eigenvalue weighted by Crippen LogP contribution is 2.23. The Balaban J connectivity index is 1.75. The fourth-order valence-electron chi connectivity index (χ4n) is 3.12. The van der Waals surface area contributed by atoms with Gasteiger partial charge >= 0.3 is 0 Å². The molecule has 3 rings (SSSR count). The number of amides is 1. The van der Waals surface area contributed by atoms with Crippen LogP contribution in [0.25, 0.3) is 10.8 Å². The Morgan fingerprint density at radius 3 is 2.52 bits per heavy atom.